The molecule has 20 heavy (non-hydrogen) atoms. The van der Waals surface area contributed by atoms with Crippen LogP contribution in [0.15, 0.2) is 24.3 Å². The van der Waals surface area contributed by atoms with Crippen LogP contribution in [-0.4, -0.2) is 50.3 Å². The van der Waals surface area contributed by atoms with Crippen molar-refractivity contribution < 1.29 is 4.74 Å². The van der Waals surface area contributed by atoms with Gasteiger partial charge in [0.1, 0.15) is 0 Å². The Balaban J connectivity index is 1.63. The fourth-order valence-electron chi connectivity index (χ4n) is 3.64. The summed E-state index contributed by atoms with van der Waals surface area (Å²) in [5, 5.41) is 0. The second-order valence-corrected chi connectivity index (χ2v) is 5.97. The Kier molecular flexibility index (Phi) is 4.13. The molecule has 3 rings (SSSR count). The highest BCUT2D eigenvalue weighted by molar-refractivity contribution is 5.53. The number of nitrogens with zero attached hydrogens (tertiary/aromatic N) is 2. The lowest BCUT2D eigenvalue weighted by molar-refractivity contribution is 0.0943. The SMILES string of the molecule is COCC1CCCN1C1CCN(c2ccc(N)cc2)C1. The van der Waals surface area contributed by atoms with Crippen LogP contribution in [0.1, 0.15) is 19.3 Å². The van der Waals surface area contributed by atoms with Gasteiger partial charge in [-0.15, -0.1) is 0 Å². The van der Waals surface area contributed by atoms with Crippen LogP contribution in [0.3, 0.4) is 0 Å². The first-order valence-corrected chi connectivity index (χ1v) is 7.63. The van der Waals surface area contributed by atoms with Crippen LogP contribution in [0.4, 0.5) is 11.4 Å². The first kappa shape index (κ1) is 13.7. The van der Waals surface area contributed by atoms with Crippen molar-refractivity contribution in [2.45, 2.75) is 31.3 Å². The zero-order valence-electron chi connectivity index (χ0n) is 12.3. The lowest BCUT2D eigenvalue weighted by Gasteiger charge is -2.30. The summed E-state index contributed by atoms with van der Waals surface area (Å²) in [5.74, 6) is 0. The summed E-state index contributed by atoms with van der Waals surface area (Å²) >= 11 is 0. The number of hydrogen-bond acceptors (Lipinski definition) is 4. The second-order valence-electron chi connectivity index (χ2n) is 5.97. The van der Waals surface area contributed by atoms with E-state index in [0.717, 1.165) is 25.4 Å². The molecule has 4 heteroatoms. The summed E-state index contributed by atoms with van der Waals surface area (Å²) in [6.07, 6.45) is 3.85. The van der Waals surface area contributed by atoms with Crippen molar-refractivity contribution in [3.8, 4) is 0 Å². The fourth-order valence-corrected chi connectivity index (χ4v) is 3.64. The van der Waals surface area contributed by atoms with Crippen LogP contribution in [0.5, 0.6) is 0 Å². The largest absolute Gasteiger partial charge is 0.399 e. The molecular formula is C16H25N3O. The highest BCUT2D eigenvalue weighted by atomic mass is 16.5. The number of ether oxygens (including phenoxy) is 1. The molecule has 0 radical (unpaired) electrons. The third-order valence-electron chi connectivity index (χ3n) is 4.67. The van der Waals surface area contributed by atoms with Crippen LogP contribution >= 0.6 is 0 Å². The van der Waals surface area contributed by atoms with Gasteiger partial charge in [0.2, 0.25) is 0 Å². The first-order chi connectivity index (χ1) is 9.78. The Bertz CT molecular complexity index is 434. The number of benzene rings is 1. The van der Waals surface area contributed by atoms with Gasteiger partial charge in [-0.25, -0.2) is 0 Å². The van der Waals surface area contributed by atoms with Crippen molar-refractivity contribution in [3.05, 3.63) is 24.3 Å². The monoisotopic (exact) mass is 275 g/mol. The summed E-state index contributed by atoms with van der Waals surface area (Å²) in [5.41, 5.74) is 7.90. The van der Waals surface area contributed by atoms with E-state index in [4.69, 9.17) is 10.5 Å². The highest BCUT2D eigenvalue weighted by Gasteiger charge is 2.34. The van der Waals surface area contributed by atoms with Crippen LogP contribution < -0.4 is 10.6 Å². The Morgan fingerprint density at radius 3 is 2.75 bits per heavy atom. The van der Waals surface area contributed by atoms with Gasteiger partial charge in [0.25, 0.3) is 0 Å². The van der Waals surface area contributed by atoms with Crippen LogP contribution in [-0.2, 0) is 4.74 Å². The summed E-state index contributed by atoms with van der Waals surface area (Å²) < 4.78 is 5.37. The molecule has 1 aromatic carbocycles. The number of rotatable bonds is 4. The molecule has 2 heterocycles. The Labute approximate surface area is 121 Å². The second kappa shape index (κ2) is 6.02. The number of anilines is 2. The first-order valence-electron chi connectivity index (χ1n) is 7.63. The predicted molar refractivity (Wildman–Crippen MR) is 83.1 cm³/mol. The van der Waals surface area contributed by atoms with Crippen molar-refractivity contribution >= 4 is 11.4 Å². The lowest BCUT2D eigenvalue weighted by atomic mass is 10.2. The molecule has 0 bridgehead atoms. The molecule has 1 aromatic rings. The van der Waals surface area contributed by atoms with E-state index >= 15 is 0 Å². The van der Waals surface area contributed by atoms with Gasteiger partial charge in [0, 0.05) is 43.7 Å². The standard InChI is InChI=1S/C16H25N3O/c1-20-12-16-3-2-9-19(16)15-8-10-18(11-15)14-6-4-13(17)5-7-14/h4-7,15-16H,2-3,8-12,17H2,1H3. The average molecular weight is 275 g/mol. The fraction of sp³-hybridized carbons (Fsp3) is 0.625. The molecule has 2 aliphatic rings. The molecule has 4 nitrogen and oxygen atoms in total. The minimum atomic E-state index is 0.622. The van der Waals surface area contributed by atoms with Gasteiger partial charge in [0.05, 0.1) is 6.61 Å². The predicted octanol–water partition coefficient (Wildman–Crippen LogP) is 1.96. The van der Waals surface area contributed by atoms with Gasteiger partial charge in [0.15, 0.2) is 0 Å². The molecule has 2 atom stereocenters. The zero-order chi connectivity index (χ0) is 13.9. The van der Waals surface area contributed by atoms with Gasteiger partial charge in [-0.2, -0.15) is 0 Å². The van der Waals surface area contributed by atoms with E-state index < -0.39 is 0 Å². The molecule has 2 unspecified atom stereocenters. The van der Waals surface area contributed by atoms with Crippen LogP contribution in [0, 0.1) is 0 Å². The molecule has 0 spiro atoms. The van der Waals surface area contributed by atoms with E-state index in [9.17, 15) is 0 Å². The van der Waals surface area contributed by atoms with E-state index in [1.807, 2.05) is 19.2 Å². The number of likely N-dealkylation sites (tertiary alicyclic amines) is 1. The molecule has 2 saturated heterocycles. The molecule has 2 aliphatic heterocycles. The van der Waals surface area contributed by atoms with E-state index in [-0.39, 0.29) is 0 Å². The third kappa shape index (κ3) is 2.76. The Hall–Kier alpha value is -1.26. The van der Waals surface area contributed by atoms with Gasteiger partial charge < -0.3 is 15.4 Å². The molecule has 0 amide bonds. The number of nitrogen functional groups attached to an aromatic ring is 1. The van der Waals surface area contributed by atoms with Gasteiger partial charge in [-0.3, -0.25) is 4.90 Å². The summed E-state index contributed by atoms with van der Waals surface area (Å²) in [6.45, 7) is 4.38. The van der Waals surface area contributed by atoms with Crippen molar-refractivity contribution in [2.75, 3.05) is 44.0 Å². The van der Waals surface area contributed by atoms with E-state index in [0.29, 0.717) is 12.1 Å². The Morgan fingerprint density at radius 2 is 2.00 bits per heavy atom. The maximum Gasteiger partial charge on any atom is 0.0618 e. The van der Waals surface area contributed by atoms with Gasteiger partial charge in [-0.1, -0.05) is 0 Å². The number of nitrogens with two attached hydrogens (primary N) is 1. The highest BCUT2D eigenvalue weighted by Crippen LogP contribution is 2.28. The zero-order valence-corrected chi connectivity index (χ0v) is 12.3. The quantitative estimate of drug-likeness (QED) is 0.853. The topological polar surface area (TPSA) is 41.7 Å². The summed E-state index contributed by atoms with van der Waals surface area (Å²) in [7, 11) is 1.81. The maximum absolute atomic E-state index is 5.76. The van der Waals surface area contributed by atoms with E-state index in [2.05, 4.69) is 21.9 Å². The van der Waals surface area contributed by atoms with Gasteiger partial charge in [-0.05, 0) is 50.1 Å². The molecule has 0 saturated carbocycles. The summed E-state index contributed by atoms with van der Waals surface area (Å²) in [4.78, 5) is 5.15. The molecule has 0 aliphatic carbocycles. The molecule has 110 valence electrons. The normalized spacial score (nSPS) is 27.4. The number of methoxy groups -OCH3 is 1. The minimum absolute atomic E-state index is 0.622. The lowest BCUT2D eigenvalue weighted by Crippen LogP contribution is -2.42. The smallest absolute Gasteiger partial charge is 0.0618 e. The Morgan fingerprint density at radius 1 is 1.20 bits per heavy atom. The maximum atomic E-state index is 5.76. The van der Waals surface area contributed by atoms with Gasteiger partial charge >= 0.3 is 0 Å². The summed E-state index contributed by atoms with van der Waals surface area (Å²) in [6, 6.07) is 9.55. The van der Waals surface area contributed by atoms with Crippen LogP contribution in [0.2, 0.25) is 0 Å². The molecule has 0 aromatic heterocycles. The molecule has 2 N–H and O–H groups in total. The molecular weight excluding hydrogens is 250 g/mol. The number of hydrogen-bond donors (Lipinski definition) is 1. The van der Waals surface area contributed by atoms with Crippen molar-refractivity contribution in [3.63, 3.8) is 0 Å². The van der Waals surface area contributed by atoms with E-state index in [1.165, 1.54) is 31.5 Å². The van der Waals surface area contributed by atoms with E-state index in [1.54, 1.807) is 0 Å². The van der Waals surface area contributed by atoms with Crippen molar-refractivity contribution in [1.82, 2.24) is 4.90 Å². The van der Waals surface area contributed by atoms with Crippen molar-refractivity contribution in [1.29, 1.82) is 0 Å². The minimum Gasteiger partial charge on any atom is -0.399 e. The molecule has 2 fully saturated rings. The van der Waals surface area contributed by atoms with Crippen LogP contribution in [0.25, 0.3) is 0 Å². The average Bonchev–Trinajstić information content (AvgIpc) is 3.08. The third-order valence-corrected chi connectivity index (χ3v) is 4.67. The van der Waals surface area contributed by atoms with Crippen molar-refractivity contribution in [2.24, 2.45) is 0 Å².